The van der Waals surface area contributed by atoms with E-state index in [-0.39, 0.29) is 4.47 Å². The second-order valence-electron chi connectivity index (χ2n) is 4.54. The monoisotopic (exact) mass is 325 g/mol. The standard InChI is InChI=1S/C13H10BrF2N3/c14-11-7(3-4-8(15)12(11)16)13-18-9(6-1-2-6)5-10(17)19-13/h3-6H,1-2H2,(H2,17,18,19). The molecule has 2 N–H and O–H groups in total. The van der Waals surface area contributed by atoms with Crippen molar-refractivity contribution in [2.24, 2.45) is 0 Å². The lowest BCUT2D eigenvalue weighted by atomic mass is 10.2. The van der Waals surface area contributed by atoms with Gasteiger partial charge in [-0.3, -0.25) is 0 Å². The molecule has 1 aliphatic carbocycles. The molecule has 0 spiro atoms. The maximum absolute atomic E-state index is 13.5. The van der Waals surface area contributed by atoms with Crippen molar-refractivity contribution in [3.63, 3.8) is 0 Å². The van der Waals surface area contributed by atoms with Gasteiger partial charge in [0, 0.05) is 23.2 Å². The summed E-state index contributed by atoms with van der Waals surface area (Å²) >= 11 is 3.03. The highest BCUT2D eigenvalue weighted by atomic mass is 79.9. The van der Waals surface area contributed by atoms with Gasteiger partial charge in [-0.25, -0.2) is 18.7 Å². The SMILES string of the molecule is Nc1cc(C2CC2)nc(-c2ccc(F)c(F)c2Br)n1. The van der Waals surface area contributed by atoms with Gasteiger partial charge in [-0.1, -0.05) is 0 Å². The van der Waals surface area contributed by atoms with E-state index < -0.39 is 11.6 Å². The first-order valence-corrected chi connectivity index (χ1v) is 6.64. The van der Waals surface area contributed by atoms with E-state index in [1.54, 1.807) is 6.07 Å². The van der Waals surface area contributed by atoms with Crippen molar-refractivity contribution in [1.29, 1.82) is 0 Å². The number of hydrogen-bond acceptors (Lipinski definition) is 3. The lowest BCUT2D eigenvalue weighted by molar-refractivity contribution is 0.504. The summed E-state index contributed by atoms with van der Waals surface area (Å²) in [6, 6.07) is 4.22. The van der Waals surface area contributed by atoms with Crippen LogP contribution >= 0.6 is 15.9 Å². The molecule has 1 saturated carbocycles. The average Bonchev–Trinajstić information content (AvgIpc) is 3.19. The summed E-state index contributed by atoms with van der Waals surface area (Å²) < 4.78 is 26.7. The van der Waals surface area contributed by atoms with Crippen molar-refractivity contribution >= 4 is 21.7 Å². The number of aromatic nitrogens is 2. The van der Waals surface area contributed by atoms with Gasteiger partial charge in [0.15, 0.2) is 17.5 Å². The lowest BCUT2D eigenvalue weighted by Gasteiger charge is -2.08. The van der Waals surface area contributed by atoms with Crippen LogP contribution in [-0.4, -0.2) is 9.97 Å². The highest BCUT2D eigenvalue weighted by molar-refractivity contribution is 9.10. The normalized spacial score (nSPS) is 14.7. The second kappa shape index (κ2) is 4.52. The third kappa shape index (κ3) is 2.32. The molecule has 6 heteroatoms. The van der Waals surface area contributed by atoms with E-state index in [9.17, 15) is 8.78 Å². The number of nitrogens with two attached hydrogens (primary N) is 1. The minimum atomic E-state index is -0.948. The molecule has 0 aliphatic heterocycles. The van der Waals surface area contributed by atoms with Crippen LogP contribution < -0.4 is 5.73 Å². The Morgan fingerprint density at radius 1 is 1.21 bits per heavy atom. The number of halogens is 3. The summed E-state index contributed by atoms with van der Waals surface area (Å²) in [6.45, 7) is 0. The van der Waals surface area contributed by atoms with Crippen molar-refractivity contribution < 1.29 is 8.78 Å². The van der Waals surface area contributed by atoms with Crippen LogP contribution in [0.15, 0.2) is 22.7 Å². The van der Waals surface area contributed by atoms with Gasteiger partial charge < -0.3 is 5.73 Å². The highest BCUT2D eigenvalue weighted by Crippen LogP contribution is 2.40. The fourth-order valence-corrected chi connectivity index (χ4v) is 2.39. The van der Waals surface area contributed by atoms with E-state index >= 15 is 0 Å². The first-order valence-electron chi connectivity index (χ1n) is 5.84. The number of rotatable bonds is 2. The Kier molecular flexibility index (Phi) is 2.97. The van der Waals surface area contributed by atoms with Crippen molar-refractivity contribution in [1.82, 2.24) is 9.97 Å². The minimum absolute atomic E-state index is 0.0137. The maximum atomic E-state index is 13.5. The molecule has 0 radical (unpaired) electrons. The van der Waals surface area contributed by atoms with Gasteiger partial charge in [0.25, 0.3) is 0 Å². The summed E-state index contributed by atoms with van der Waals surface area (Å²) in [5, 5.41) is 0. The largest absolute Gasteiger partial charge is 0.384 e. The minimum Gasteiger partial charge on any atom is -0.384 e. The molecule has 3 nitrogen and oxygen atoms in total. The van der Waals surface area contributed by atoms with Gasteiger partial charge in [0.05, 0.1) is 4.47 Å². The Morgan fingerprint density at radius 3 is 2.63 bits per heavy atom. The molecule has 0 saturated heterocycles. The van der Waals surface area contributed by atoms with Crippen LogP contribution in [-0.2, 0) is 0 Å². The number of nitrogen functional groups attached to an aromatic ring is 1. The van der Waals surface area contributed by atoms with Gasteiger partial charge in [-0.15, -0.1) is 0 Å². The number of benzene rings is 1. The number of hydrogen-bond donors (Lipinski definition) is 1. The van der Waals surface area contributed by atoms with Gasteiger partial charge in [0.1, 0.15) is 5.82 Å². The predicted molar refractivity (Wildman–Crippen MR) is 71.5 cm³/mol. The van der Waals surface area contributed by atoms with Gasteiger partial charge in [0.2, 0.25) is 0 Å². The van der Waals surface area contributed by atoms with Crippen molar-refractivity contribution in [3.8, 4) is 11.4 Å². The molecule has 3 rings (SSSR count). The van der Waals surface area contributed by atoms with Crippen LogP contribution in [0.1, 0.15) is 24.5 Å². The van der Waals surface area contributed by atoms with Gasteiger partial charge in [-0.05, 0) is 40.9 Å². The summed E-state index contributed by atoms with van der Waals surface area (Å²) in [5.74, 6) is -0.803. The fraction of sp³-hybridized carbons (Fsp3) is 0.231. The highest BCUT2D eigenvalue weighted by Gasteiger charge is 2.26. The van der Waals surface area contributed by atoms with Crippen LogP contribution in [0, 0.1) is 11.6 Å². The predicted octanol–water partition coefficient (Wildman–Crippen LogP) is 3.64. The van der Waals surface area contributed by atoms with E-state index in [2.05, 4.69) is 25.9 Å². The van der Waals surface area contributed by atoms with E-state index in [0.717, 1.165) is 24.6 Å². The first-order chi connectivity index (χ1) is 9.06. The van der Waals surface area contributed by atoms with Crippen LogP contribution in [0.4, 0.5) is 14.6 Å². The first kappa shape index (κ1) is 12.5. The molecular formula is C13H10BrF2N3. The molecule has 19 heavy (non-hydrogen) atoms. The van der Waals surface area contributed by atoms with Crippen molar-refractivity contribution in [2.75, 3.05) is 5.73 Å². The summed E-state index contributed by atoms with van der Waals surface area (Å²) in [4.78, 5) is 8.48. The average molecular weight is 326 g/mol. The molecular weight excluding hydrogens is 316 g/mol. The molecule has 0 bridgehead atoms. The third-order valence-corrected chi connectivity index (χ3v) is 3.81. The fourth-order valence-electron chi connectivity index (χ4n) is 1.89. The molecule has 0 atom stereocenters. The van der Waals surface area contributed by atoms with Gasteiger partial charge >= 0.3 is 0 Å². The van der Waals surface area contributed by atoms with Crippen LogP contribution in [0.3, 0.4) is 0 Å². The van der Waals surface area contributed by atoms with Crippen LogP contribution in [0.2, 0.25) is 0 Å². The lowest BCUT2D eigenvalue weighted by Crippen LogP contribution is -2.01. The molecule has 1 aromatic carbocycles. The zero-order chi connectivity index (χ0) is 13.6. The molecule has 1 heterocycles. The molecule has 0 unspecified atom stereocenters. The molecule has 1 aliphatic rings. The summed E-state index contributed by atoms with van der Waals surface area (Å²) in [5.41, 5.74) is 7.00. The Bertz CT molecular complexity index is 657. The maximum Gasteiger partial charge on any atom is 0.173 e. The summed E-state index contributed by atoms with van der Waals surface area (Å²) in [7, 11) is 0. The molecule has 1 fully saturated rings. The zero-order valence-electron chi connectivity index (χ0n) is 9.83. The van der Waals surface area contributed by atoms with E-state index in [1.165, 1.54) is 6.07 Å². The second-order valence-corrected chi connectivity index (χ2v) is 5.33. The molecule has 2 aromatic rings. The van der Waals surface area contributed by atoms with Gasteiger partial charge in [-0.2, -0.15) is 0 Å². The topological polar surface area (TPSA) is 51.8 Å². The van der Waals surface area contributed by atoms with Crippen molar-refractivity contribution in [3.05, 3.63) is 40.0 Å². The third-order valence-electron chi connectivity index (χ3n) is 3.04. The van der Waals surface area contributed by atoms with Crippen LogP contribution in [0.5, 0.6) is 0 Å². The smallest absolute Gasteiger partial charge is 0.173 e. The van der Waals surface area contributed by atoms with Crippen LogP contribution in [0.25, 0.3) is 11.4 Å². The number of nitrogens with zero attached hydrogens (tertiary/aromatic N) is 2. The Balaban J connectivity index is 2.13. The van der Waals surface area contributed by atoms with E-state index in [0.29, 0.717) is 23.1 Å². The Morgan fingerprint density at radius 2 is 1.95 bits per heavy atom. The molecule has 0 amide bonds. The number of anilines is 1. The van der Waals surface area contributed by atoms with E-state index in [1.807, 2.05) is 0 Å². The Labute approximate surface area is 117 Å². The summed E-state index contributed by atoms with van der Waals surface area (Å²) in [6.07, 6.45) is 2.16. The zero-order valence-corrected chi connectivity index (χ0v) is 11.4. The van der Waals surface area contributed by atoms with E-state index in [4.69, 9.17) is 5.73 Å². The molecule has 1 aromatic heterocycles. The molecule has 98 valence electrons. The quantitative estimate of drug-likeness (QED) is 0.857. The Hall–Kier alpha value is -1.56. The van der Waals surface area contributed by atoms with Crippen molar-refractivity contribution in [2.45, 2.75) is 18.8 Å².